The average Bonchev–Trinajstić information content (AvgIpc) is 2.91. The summed E-state index contributed by atoms with van der Waals surface area (Å²) in [5.74, 6) is 0.453. The minimum atomic E-state index is -0.741. The minimum Gasteiger partial charge on any atom is -0.388 e. The van der Waals surface area contributed by atoms with E-state index in [1.165, 1.54) is 0 Å². The van der Waals surface area contributed by atoms with Gasteiger partial charge in [0.25, 0.3) is 0 Å². The van der Waals surface area contributed by atoms with Crippen molar-refractivity contribution in [3.63, 3.8) is 0 Å². The molecule has 1 atom stereocenters. The Morgan fingerprint density at radius 1 is 1.14 bits per heavy atom. The van der Waals surface area contributed by atoms with Crippen LogP contribution in [0.3, 0.4) is 0 Å². The number of hydrogen-bond donors (Lipinski definition) is 2. The first-order chi connectivity index (χ1) is 14.0. The van der Waals surface area contributed by atoms with Crippen molar-refractivity contribution in [1.29, 1.82) is 0 Å². The predicted octanol–water partition coefficient (Wildman–Crippen LogP) is 1.27. The number of nitrogens with one attached hydrogen (secondary N) is 1. The second-order valence-electron chi connectivity index (χ2n) is 7.96. The molecule has 2 saturated heterocycles. The third-order valence-electron chi connectivity index (χ3n) is 5.62. The van der Waals surface area contributed by atoms with Crippen LogP contribution in [0.4, 0.5) is 5.82 Å². The van der Waals surface area contributed by atoms with Crippen molar-refractivity contribution in [2.45, 2.75) is 44.1 Å². The summed E-state index contributed by atoms with van der Waals surface area (Å²) in [6.07, 6.45) is 4.86. The largest absolute Gasteiger partial charge is 0.388 e. The first-order valence-corrected chi connectivity index (χ1v) is 10.6. The zero-order chi connectivity index (χ0) is 20.5. The molecule has 2 fully saturated rings. The number of rotatable bonds is 7. The third-order valence-corrected chi connectivity index (χ3v) is 5.62. The molecule has 0 saturated carbocycles. The fraction of sp³-hybridized carbons (Fsp3) is 0.667. The third kappa shape index (κ3) is 7.06. The molecule has 1 aromatic rings. The molecule has 2 amide bonds. The van der Waals surface area contributed by atoms with Gasteiger partial charge in [-0.15, -0.1) is 0 Å². The molecule has 2 aliphatic heterocycles. The highest BCUT2D eigenvalue weighted by Gasteiger charge is 2.33. The molecule has 0 radical (unpaired) electrons. The number of anilines is 1. The first kappa shape index (κ1) is 21.7. The Hall–Kier alpha value is -2.03. The molecular weight excluding hydrogens is 372 g/mol. The molecule has 0 bridgehead atoms. The lowest BCUT2D eigenvalue weighted by Gasteiger charge is -2.35. The van der Waals surface area contributed by atoms with Crippen molar-refractivity contribution in [1.82, 2.24) is 14.8 Å². The molecule has 3 rings (SSSR count). The van der Waals surface area contributed by atoms with E-state index in [0.29, 0.717) is 64.3 Å². The summed E-state index contributed by atoms with van der Waals surface area (Å²) in [5.41, 5.74) is -0.741. The number of carbonyl (C=O) groups excluding carboxylic acids is 2. The van der Waals surface area contributed by atoms with Gasteiger partial charge in [-0.25, -0.2) is 4.98 Å². The molecule has 1 aromatic heterocycles. The van der Waals surface area contributed by atoms with Crippen LogP contribution in [-0.2, 0) is 14.3 Å². The van der Waals surface area contributed by atoms with Crippen molar-refractivity contribution < 1.29 is 19.4 Å². The SMILES string of the molecule is O=C(CCCC(=O)N1CCC[C@](O)(CN2CCOCC2)CC1)Nc1ccccn1. The summed E-state index contributed by atoms with van der Waals surface area (Å²) in [7, 11) is 0. The smallest absolute Gasteiger partial charge is 0.225 e. The van der Waals surface area contributed by atoms with Crippen LogP contribution in [-0.4, -0.2) is 83.2 Å². The van der Waals surface area contributed by atoms with Gasteiger partial charge in [0, 0.05) is 51.8 Å². The molecule has 2 aliphatic rings. The van der Waals surface area contributed by atoms with E-state index in [0.717, 1.165) is 19.5 Å². The van der Waals surface area contributed by atoms with Gasteiger partial charge in [0.05, 0.1) is 18.8 Å². The zero-order valence-electron chi connectivity index (χ0n) is 17.0. The van der Waals surface area contributed by atoms with Crippen LogP contribution in [0.15, 0.2) is 24.4 Å². The number of ether oxygens (including phenoxy) is 1. The van der Waals surface area contributed by atoms with Crippen LogP contribution in [0.25, 0.3) is 0 Å². The highest BCUT2D eigenvalue weighted by molar-refractivity contribution is 5.90. The molecule has 3 heterocycles. The number of hydrogen-bond acceptors (Lipinski definition) is 6. The highest BCUT2D eigenvalue weighted by Crippen LogP contribution is 2.24. The van der Waals surface area contributed by atoms with Gasteiger partial charge in [0.1, 0.15) is 5.82 Å². The highest BCUT2D eigenvalue weighted by atomic mass is 16.5. The molecule has 2 N–H and O–H groups in total. The normalized spacial score (nSPS) is 23.4. The molecular formula is C21H32N4O4. The number of amides is 2. The van der Waals surface area contributed by atoms with Crippen LogP contribution in [0.5, 0.6) is 0 Å². The van der Waals surface area contributed by atoms with E-state index in [1.807, 2.05) is 11.0 Å². The Morgan fingerprint density at radius 2 is 1.97 bits per heavy atom. The van der Waals surface area contributed by atoms with E-state index in [4.69, 9.17) is 4.74 Å². The Balaban J connectivity index is 1.38. The number of nitrogens with zero attached hydrogens (tertiary/aromatic N) is 3. The van der Waals surface area contributed by atoms with Crippen molar-refractivity contribution in [3.05, 3.63) is 24.4 Å². The Labute approximate surface area is 172 Å². The van der Waals surface area contributed by atoms with Crippen molar-refractivity contribution in [3.8, 4) is 0 Å². The molecule has 0 aromatic carbocycles. The quantitative estimate of drug-likeness (QED) is 0.711. The second kappa shape index (κ2) is 10.7. The summed E-state index contributed by atoms with van der Waals surface area (Å²) in [6.45, 7) is 5.02. The average molecular weight is 405 g/mol. The van der Waals surface area contributed by atoms with Crippen LogP contribution in [0.1, 0.15) is 38.5 Å². The maximum absolute atomic E-state index is 12.6. The number of pyridine rings is 1. The van der Waals surface area contributed by atoms with E-state index < -0.39 is 5.60 Å². The topological polar surface area (TPSA) is 95.0 Å². The predicted molar refractivity (Wildman–Crippen MR) is 109 cm³/mol. The zero-order valence-corrected chi connectivity index (χ0v) is 17.0. The molecule has 0 unspecified atom stereocenters. The standard InChI is InChI=1S/C21H32N4O4/c26-19(23-18-5-1-2-10-22-18)6-3-7-20(27)25-11-4-8-21(28,9-12-25)17-24-13-15-29-16-14-24/h1-2,5,10,28H,3-4,6-9,11-17H2,(H,22,23,26)/t21-/m1/s1. The van der Waals surface area contributed by atoms with E-state index in [9.17, 15) is 14.7 Å². The number of β-amino-alcohol motifs (C(OH)–C–C–N with tert-alkyl or cyclic N) is 1. The van der Waals surface area contributed by atoms with Gasteiger partial charge in [0.2, 0.25) is 11.8 Å². The fourth-order valence-corrected chi connectivity index (χ4v) is 3.96. The summed E-state index contributed by atoms with van der Waals surface area (Å²) in [5, 5.41) is 13.7. The number of morpholine rings is 1. The number of likely N-dealkylation sites (tertiary alicyclic amines) is 1. The molecule has 8 heteroatoms. The van der Waals surface area contributed by atoms with Gasteiger partial charge in [-0.3, -0.25) is 14.5 Å². The van der Waals surface area contributed by atoms with Crippen molar-refractivity contribution >= 4 is 17.6 Å². The first-order valence-electron chi connectivity index (χ1n) is 10.6. The monoisotopic (exact) mass is 404 g/mol. The van der Waals surface area contributed by atoms with Crippen LogP contribution >= 0.6 is 0 Å². The van der Waals surface area contributed by atoms with Crippen LogP contribution < -0.4 is 5.32 Å². The van der Waals surface area contributed by atoms with Crippen LogP contribution in [0, 0.1) is 0 Å². The minimum absolute atomic E-state index is 0.0614. The summed E-state index contributed by atoms with van der Waals surface area (Å²) in [6, 6.07) is 5.33. The van der Waals surface area contributed by atoms with Crippen LogP contribution in [0.2, 0.25) is 0 Å². The van der Waals surface area contributed by atoms with Crippen molar-refractivity contribution in [2.24, 2.45) is 0 Å². The van der Waals surface area contributed by atoms with Crippen molar-refractivity contribution in [2.75, 3.05) is 51.3 Å². The lowest BCUT2D eigenvalue weighted by atomic mass is 9.94. The summed E-state index contributed by atoms with van der Waals surface area (Å²) < 4.78 is 5.37. The molecule has 8 nitrogen and oxygen atoms in total. The maximum atomic E-state index is 12.6. The van der Waals surface area contributed by atoms with Gasteiger partial charge in [-0.2, -0.15) is 0 Å². The molecule has 0 aliphatic carbocycles. The lowest BCUT2D eigenvalue weighted by molar-refractivity contribution is -0.131. The van der Waals surface area contributed by atoms with E-state index >= 15 is 0 Å². The van der Waals surface area contributed by atoms with E-state index in [-0.39, 0.29) is 18.2 Å². The van der Waals surface area contributed by atoms with Gasteiger partial charge < -0.3 is 20.1 Å². The number of carbonyl (C=O) groups is 2. The van der Waals surface area contributed by atoms with Gasteiger partial charge in [0.15, 0.2) is 0 Å². The lowest BCUT2D eigenvalue weighted by Crippen LogP contribution is -2.48. The van der Waals surface area contributed by atoms with Gasteiger partial charge >= 0.3 is 0 Å². The van der Waals surface area contributed by atoms with Gasteiger partial charge in [-0.1, -0.05) is 6.07 Å². The Bertz CT molecular complexity index is 666. The fourth-order valence-electron chi connectivity index (χ4n) is 3.96. The second-order valence-corrected chi connectivity index (χ2v) is 7.96. The summed E-state index contributed by atoms with van der Waals surface area (Å²) >= 11 is 0. The number of aliphatic hydroxyl groups is 1. The van der Waals surface area contributed by atoms with E-state index in [2.05, 4.69) is 15.2 Å². The van der Waals surface area contributed by atoms with E-state index in [1.54, 1.807) is 18.3 Å². The number of aromatic nitrogens is 1. The van der Waals surface area contributed by atoms with Gasteiger partial charge in [-0.05, 0) is 37.8 Å². The Kier molecular flexibility index (Phi) is 7.97. The Morgan fingerprint density at radius 3 is 2.72 bits per heavy atom. The molecule has 160 valence electrons. The maximum Gasteiger partial charge on any atom is 0.225 e. The molecule has 29 heavy (non-hydrogen) atoms. The summed E-state index contributed by atoms with van der Waals surface area (Å²) in [4.78, 5) is 32.7. The molecule has 0 spiro atoms.